The maximum atomic E-state index is 6.08. The van der Waals surface area contributed by atoms with Crippen molar-refractivity contribution in [2.24, 2.45) is 4.51 Å². The number of para-hydroxylation sites is 1. The lowest BCUT2D eigenvalue weighted by atomic mass is 10.2. The van der Waals surface area contributed by atoms with Crippen molar-refractivity contribution in [1.29, 1.82) is 0 Å². The molecule has 0 aliphatic carbocycles. The molecule has 86 valence electrons. The fourth-order valence-electron chi connectivity index (χ4n) is 1.45. The summed E-state index contributed by atoms with van der Waals surface area (Å²) in [6.07, 6.45) is 0. The van der Waals surface area contributed by atoms with Gasteiger partial charge < -0.3 is 5.32 Å². The summed E-state index contributed by atoms with van der Waals surface area (Å²) in [4.78, 5) is 0. The molecule has 2 nitrogen and oxygen atoms in total. The molecule has 0 fully saturated rings. The van der Waals surface area contributed by atoms with Gasteiger partial charge in [-0.25, -0.2) is 0 Å². The van der Waals surface area contributed by atoms with Gasteiger partial charge in [0, 0.05) is 23.0 Å². The van der Waals surface area contributed by atoms with Crippen molar-refractivity contribution in [2.75, 3.05) is 5.32 Å². The zero-order chi connectivity index (χ0) is 12.1. The van der Waals surface area contributed by atoms with E-state index in [1.807, 2.05) is 48.5 Å². The lowest BCUT2D eigenvalue weighted by Crippen LogP contribution is -2.13. The van der Waals surface area contributed by atoms with Crippen LogP contribution in [0.3, 0.4) is 0 Å². The van der Waals surface area contributed by atoms with Crippen LogP contribution in [0, 0.1) is 0 Å². The fraction of sp³-hybridized carbons (Fsp3) is 0. The third kappa shape index (κ3) is 2.99. The van der Waals surface area contributed by atoms with Gasteiger partial charge in [-0.2, -0.15) is 4.51 Å². The number of hydrogen-bond donors (Lipinski definition) is 1. The molecular formula is C13H10Cl2N2. The highest BCUT2D eigenvalue weighted by atomic mass is 35.5. The van der Waals surface area contributed by atoms with Crippen LogP contribution in [0.15, 0.2) is 59.1 Å². The highest BCUT2D eigenvalue weighted by Gasteiger charge is 2.07. The maximum absolute atomic E-state index is 6.08. The minimum absolute atomic E-state index is 0.531. The molecule has 2 aromatic carbocycles. The van der Waals surface area contributed by atoms with Gasteiger partial charge in [0.1, 0.15) is 0 Å². The van der Waals surface area contributed by atoms with Crippen LogP contribution in [0.4, 0.5) is 5.69 Å². The molecule has 0 aliphatic rings. The summed E-state index contributed by atoms with van der Waals surface area (Å²) in [5.41, 5.74) is 1.68. The lowest BCUT2D eigenvalue weighted by Gasteiger charge is -2.09. The fourth-order valence-corrected chi connectivity index (χ4v) is 1.80. The topological polar surface area (TPSA) is 24.4 Å². The van der Waals surface area contributed by atoms with Crippen molar-refractivity contribution in [3.8, 4) is 0 Å². The highest BCUT2D eigenvalue weighted by molar-refractivity contribution is 6.36. The quantitative estimate of drug-likeness (QED) is 0.633. The molecular weight excluding hydrogens is 255 g/mol. The molecule has 1 N–H and O–H groups in total. The van der Waals surface area contributed by atoms with Gasteiger partial charge in [-0.3, -0.25) is 0 Å². The van der Waals surface area contributed by atoms with Crippen LogP contribution in [-0.2, 0) is 0 Å². The van der Waals surface area contributed by atoms with Crippen LogP contribution in [0.2, 0.25) is 5.02 Å². The Morgan fingerprint density at radius 3 is 2.24 bits per heavy atom. The van der Waals surface area contributed by atoms with E-state index in [0.29, 0.717) is 10.9 Å². The van der Waals surface area contributed by atoms with Crippen LogP contribution in [0.1, 0.15) is 5.56 Å². The van der Waals surface area contributed by atoms with E-state index in [-0.39, 0.29) is 0 Å². The molecule has 0 aromatic heterocycles. The Morgan fingerprint density at radius 1 is 0.941 bits per heavy atom. The molecule has 0 saturated heterocycles. The molecule has 0 saturated carbocycles. The first-order valence-electron chi connectivity index (χ1n) is 5.07. The summed E-state index contributed by atoms with van der Waals surface area (Å²) in [5.74, 6) is 0.531. The Labute approximate surface area is 110 Å². The van der Waals surface area contributed by atoms with E-state index >= 15 is 0 Å². The van der Waals surface area contributed by atoms with Crippen molar-refractivity contribution >= 4 is 34.9 Å². The van der Waals surface area contributed by atoms with E-state index in [2.05, 4.69) is 9.83 Å². The Bertz CT molecular complexity index is 524. The molecule has 17 heavy (non-hydrogen) atoms. The van der Waals surface area contributed by atoms with Gasteiger partial charge in [-0.1, -0.05) is 41.9 Å². The summed E-state index contributed by atoms with van der Waals surface area (Å²) >= 11 is 11.7. The normalized spacial score (nSPS) is 11.3. The smallest absolute Gasteiger partial charge is 0.153 e. The second kappa shape index (κ2) is 5.71. The van der Waals surface area contributed by atoms with Gasteiger partial charge >= 0.3 is 0 Å². The minimum Gasteiger partial charge on any atom is -0.339 e. The summed E-state index contributed by atoms with van der Waals surface area (Å²) in [5, 5.41) is 3.73. The van der Waals surface area contributed by atoms with Gasteiger partial charge in [-0.05, 0) is 24.3 Å². The molecule has 0 radical (unpaired) electrons. The average molecular weight is 265 g/mol. The lowest BCUT2D eigenvalue weighted by molar-refractivity contribution is 1.56. The second-order valence-electron chi connectivity index (χ2n) is 3.40. The predicted octanol–water partition coefficient (Wildman–Crippen LogP) is 4.35. The molecule has 0 heterocycles. The zero-order valence-corrected chi connectivity index (χ0v) is 10.4. The molecule has 0 atom stereocenters. The van der Waals surface area contributed by atoms with Gasteiger partial charge in [0.25, 0.3) is 0 Å². The van der Waals surface area contributed by atoms with Crippen LogP contribution >= 0.6 is 23.4 Å². The maximum Gasteiger partial charge on any atom is 0.153 e. The average Bonchev–Trinajstić information content (AvgIpc) is 2.38. The van der Waals surface area contributed by atoms with Crippen LogP contribution < -0.4 is 5.32 Å². The molecule has 2 rings (SSSR count). The Balaban J connectivity index is 2.28. The third-order valence-electron chi connectivity index (χ3n) is 2.25. The number of amidine groups is 1. The molecule has 0 unspecified atom stereocenters. The SMILES string of the molecule is ClN=C(Nc1ccccc1)c1ccccc1Cl. The Morgan fingerprint density at radius 2 is 1.59 bits per heavy atom. The van der Waals surface area contributed by atoms with Crippen LogP contribution in [-0.4, -0.2) is 5.84 Å². The molecule has 0 amide bonds. The number of hydrogen-bond acceptors (Lipinski definition) is 1. The summed E-state index contributed by atoms with van der Waals surface area (Å²) in [6.45, 7) is 0. The van der Waals surface area contributed by atoms with E-state index in [0.717, 1.165) is 11.3 Å². The molecule has 0 bridgehead atoms. The number of nitrogens with one attached hydrogen (secondary N) is 1. The molecule has 2 aromatic rings. The molecule has 0 aliphatic heterocycles. The second-order valence-corrected chi connectivity index (χ2v) is 3.98. The first kappa shape index (κ1) is 12.0. The predicted molar refractivity (Wildman–Crippen MR) is 73.9 cm³/mol. The first-order valence-corrected chi connectivity index (χ1v) is 5.79. The van der Waals surface area contributed by atoms with Crippen molar-refractivity contribution in [1.82, 2.24) is 0 Å². The van der Waals surface area contributed by atoms with Gasteiger partial charge in [-0.15, -0.1) is 0 Å². The Hall–Kier alpha value is -1.51. The number of benzene rings is 2. The summed E-state index contributed by atoms with van der Waals surface area (Å²) in [7, 11) is 0. The number of rotatable bonds is 2. The number of halogens is 2. The molecule has 0 spiro atoms. The van der Waals surface area contributed by atoms with Crippen molar-refractivity contribution in [3.63, 3.8) is 0 Å². The minimum atomic E-state index is 0.531. The van der Waals surface area contributed by atoms with Crippen molar-refractivity contribution in [2.45, 2.75) is 0 Å². The van der Waals surface area contributed by atoms with Crippen LogP contribution in [0.5, 0.6) is 0 Å². The third-order valence-corrected chi connectivity index (χ3v) is 2.75. The highest BCUT2D eigenvalue weighted by Crippen LogP contribution is 2.18. The van der Waals surface area contributed by atoms with E-state index in [4.69, 9.17) is 23.4 Å². The largest absolute Gasteiger partial charge is 0.339 e. The standard InChI is InChI=1S/C13H10Cl2N2/c14-12-9-5-4-8-11(12)13(17-15)16-10-6-2-1-3-7-10/h1-9H,(H,16,17). The first-order chi connectivity index (χ1) is 8.31. The van der Waals surface area contributed by atoms with Crippen LogP contribution in [0.25, 0.3) is 0 Å². The Kier molecular flexibility index (Phi) is 4.02. The van der Waals surface area contributed by atoms with Gasteiger partial charge in [0.15, 0.2) is 5.84 Å². The number of nitrogens with zero attached hydrogens (tertiary/aromatic N) is 1. The zero-order valence-electron chi connectivity index (χ0n) is 8.90. The van der Waals surface area contributed by atoms with E-state index in [1.54, 1.807) is 6.07 Å². The number of anilines is 1. The van der Waals surface area contributed by atoms with E-state index in [1.165, 1.54) is 0 Å². The van der Waals surface area contributed by atoms with Gasteiger partial charge in [0.2, 0.25) is 0 Å². The van der Waals surface area contributed by atoms with E-state index in [9.17, 15) is 0 Å². The monoisotopic (exact) mass is 264 g/mol. The van der Waals surface area contributed by atoms with E-state index < -0.39 is 0 Å². The van der Waals surface area contributed by atoms with Gasteiger partial charge in [0.05, 0.1) is 5.02 Å². The van der Waals surface area contributed by atoms with Crippen molar-refractivity contribution in [3.05, 3.63) is 65.2 Å². The molecule has 4 heteroatoms. The summed E-state index contributed by atoms with van der Waals surface area (Å²) < 4.78 is 3.71. The van der Waals surface area contributed by atoms with Crippen molar-refractivity contribution < 1.29 is 0 Å². The summed E-state index contributed by atoms with van der Waals surface area (Å²) in [6, 6.07) is 17.1.